The van der Waals surface area contributed by atoms with Crippen LogP contribution in [0.25, 0.3) is 0 Å². The van der Waals surface area contributed by atoms with Crippen molar-refractivity contribution in [2.45, 2.75) is 6.42 Å². The number of pyridine rings is 1. The first-order valence-electron chi connectivity index (χ1n) is 6.64. The molecule has 104 valence electrons. The molecule has 1 aromatic rings. The standard InChI is InChI=1S/C14H16N4O2/c15-5-10-1-3-17-6-12(10)18-7-11-8-20-4-2-14(11,9-18)13(16)19/h1,3,6,11H,2,4,7-9H2,(H2,16,19)/t11-,14+/m1/s1. The Morgan fingerprint density at radius 3 is 3.20 bits per heavy atom. The summed E-state index contributed by atoms with van der Waals surface area (Å²) >= 11 is 0. The number of amides is 1. The lowest BCUT2D eigenvalue weighted by Gasteiger charge is -2.35. The normalized spacial score (nSPS) is 28.8. The van der Waals surface area contributed by atoms with Gasteiger partial charge < -0.3 is 15.4 Å². The molecule has 2 aliphatic rings. The number of hydrogen-bond acceptors (Lipinski definition) is 5. The lowest BCUT2D eigenvalue weighted by atomic mass is 9.74. The number of hydrogen-bond donors (Lipinski definition) is 1. The van der Waals surface area contributed by atoms with Gasteiger partial charge in [-0.25, -0.2) is 0 Å². The van der Waals surface area contributed by atoms with Crippen LogP contribution in [0.15, 0.2) is 18.5 Å². The molecule has 2 fully saturated rings. The smallest absolute Gasteiger partial charge is 0.225 e. The van der Waals surface area contributed by atoms with Gasteiger partial charge >= 0.3 is 0 Å². The second-order valence-electron chi connectivity index (χ2n) is 5.43. The third-order valence-corrected chi connectivity index (χ3v) is 4.46. The van der Waals surface area contributed by atoms with Crippen molar-refractivity contribution >= 4 is 11.6 Å². The van der Waals surface area contributed by atoms with Crippen molar-refractivity contribution in [2.24, 2.45) is 17.1 Å². The number of carbonyl (C=O) groups is 1. The summed E-state index contributed by atoms with van der Waals surface area (Å²) in [6.45, 7) is 2.31. The summed E-state index contributed by atoms with van der Waals surface area (Å²) in [5.41, 5.74) is 6.45. The van der Waals surface area contributed by atoms with Gasteiger partial charge in [0, 0.05) is 31.8 Å². The van der Waals surface area contributed by atoms with Crippen LogP contribution in [0.5, 0.6) is 0 Å². The number of anilines is 1. The van der Waals surface area contributed by atoms with Gasteiger partial charge in [0.1, 0.15) is 6.07 Å². The predicted octanol–water partition coefficient (Wildman–Crippen LogP) is 0.281. The van der Waals surface area contributed by atoms with Gasteiger partial charge in [-0.2, -0.15) is 5.26 Å². The van der Waals surface area contributed by atoms with Crippen LogP contribution < -0.4 is 10.6 Å². The topological polar surface area (TPSA) is 92.2 Å². The number of nitriles is 1. The summed E-state index contributed by atoms with van der Waals surface area (Å²) < 4.78 is 5.48. The summed E-state index contributed by atoms with van der Waals surface area (Å²) in [5, 5.41) is 9.19. The van der Waals surface area contributed by atoms with Gasteiger partial charge in [-0.15, -0.1) is 0 Å². The Kier molecular flexibility index (Phi) is 3.07. The van der Waals surface area contributed by atoms with Gasteiger partial charge in [0.2, 0.25) is 5.91 Å². The molecule has 6 heteroatoms. The third-order valence-electron chi connectivity index (χ3n) is 4.46. The minimum Gasteiger partial charge on any atom is -0.381 e. The maximum absolute atomic E-state index is 11.9. The van der Waals surface area contributed by atoms with E-state index in [1.165, 1.54) is 0 Å². The first-order chi connectivity index (χ1) is 9.67. The van der Waals surface area contributed by atoms with Crippen molar-refractivity contribution in [3.63, 3.8) is 0 Å². The molecule has 2 saturated heterocycles. The van der Waals surface area contributed by atoms with Crippen LogP contribution in [0.3, 0.4) is 0 Å². The van der Waals surface area contributed by atoms with E-state index in [1.54, 1.807) is 18.5 Å². The van der Waals surface area contributed by atoms with Crippen molar-refractivity contribution in [1.82, 2.24) is 4.98 Å². The fourth-order valence-corrected chi connectivity index (χ4v) is 3.27. The molecule has 0 saturated carbocycles. The molecule has 6 nitrogen and oxygen atoms in total. The first kappa shape index (κ1) is 12.9. The molecule has 0 aromatic carbocycles. The van der Waals surface area contributed by atoms with E-state index in [0.29, 0.717) is 38.3 Å². The van der Waals surface area contributed by atoms with Crippen LogP contribution in [0.2, 0.25) is 0 Å². The number of carbonyl (C=O) groups excluding carboxylic acids is 1. The highest BCUT2D eigenvalue weighted by Crippen LogP contribution is 2.43. The molecule has 3 heterocycles. The van der Waals surface area contributed by atoms with Crippen molar-refractivity contribution in [1.29, 1.82) is 5.26 Å². The number of nitrogens with zero attached hydrogens (tertiary/aromatic N) is 3. The molecule has 3 rings (SSSR count). The average molecular weight is 272 g/mol. The van der Waals surface area contributed by atoms with Gasteiger partial charge in [-0.05, 0) is 12.5 Å². The molecule has 1 aromatic heterocycles. The van der Waals surface area contributed by atoms with Crippen molar-refractivity contribution in [3.8, 4) is 6.07 Å². The third kappa shape index (κ3) is 1.82. The molecular weight excluding hydrogens is 256 g/mol. The SMILES string of the molecule is N#Cc1ccncc1N1C[C@@H]2COCC[C@]2(C(N)=O)C1. The number of primary amides is 1. The minimum absolute atomic E-state index is 0.0838. The Hall–Kier alpha value is -2.13. The highest BCUT2D eigenvalue weighted by molar-refractivity contribution is 5.83. The van der Waals surface area contributed by atoms with Crippen LogP contribution in [0.1, 0.15) is 12.0 Å². The molecular formula is C14H16N4O2. The molecule has 2 N–H and O–H groups in total. The van der Waals surface area contributed by atoms with Crippen molar-refractivity contribution < 1.29 is 9.53 Å². The lowest BCUT2D eigenvalue weighted by molar-refractivity contribution is -0.135. The zero-order valence-corrected chi connectivity index (χ0v) is 11.1. The second kappa shape index (κ2) is 4.76. The van der Waals surface area contributed by atoms with E-state index in [1.807, 2.05) is 4.90 Å². The maximum atomic E-state index is 11.9. The van der Waals surface area contributed by atoms with E-state index in [2.05, 4.69) is 11.1 Å². The van der Waals surface area contributed by atoms with Crippen LogP contribution in [0.4, 0.5) is 5.69 Å². The zero-order chi connectivity index (χ0) is 14.2. The van der Waals surface area contributed by atoms with Crippen LogP contribution >= 0.6 is 0 Å². The molecule has 0 spiro atoms. The maximum Gasteiger partial charge on any atom is 0.225 e. The predicted molar refractivity (Wildman–Crippen MR) is 71.7 cm³/mol. The number of ether oxygens (including phenoxy) is 1. The van der Waals surface area contributed by atoms with Crippen molar-refractivity contribution in [3.05, 3.63) is 24.0 Å². The second-order valence-corrected chi connectivity index (χ2v) is 5.43. The minimum atomic E-state index is -0.541. The van der Waals surface area contributed by atoms with Gasteiger partial charge in [-0.3, -0.25) is 9.78 Å². The number of nitrogens with two attached hydrogens (primary N) is 1. The molecule has 0 bridgehead atoms. The van der Waals surface area contributed by atoms with E-state index < -0.39 is 5.41 Å². The van der Waals surface area contributed by atoms with Gasteiger partial charge in [0.25, 0.3) is 0 Å². The highest BCUT2D eigenvalue weighted by atomic mass is 16.5. The largest absolute Gasteiger partial charge is 0.381 e. The summed E-state index contributed by atoms with van der Waals surface area (Å²) in [6, 6.07) is 3.85. The fourth-order valence-electron chi connectivity index (χ4n) is 3.27. The van der Waals surface area contributed by atoms with Crippen LogP contribution in [-0.2, 0) is 9.53 Å². The molecule has 2 atom stereocenters. The van der Waals surface area contributed by atoms with Crippen LogP contribution in [0, 0.1) is 22.7 Å². The van der Waals surface area contributed by atoms with E-state index in [-0.39, 0.29) is 11.8 Å². The number of rotatable bonds is 2. The van der Waals surface area contributed by atoms with E-state index in [4.69, 9.17) is 10.5 Å². The van der Waals surface area contributed by atoms with Crippen LogP contribution in [-0.4, -0.2) is 37.2 Å². The Morgan fingerprint density at radius 1 is 1.65 bits per heavy atom. The monoisotopic (exact) mass is 272 g/mol. The Balaban J connectivity index is 1.95. The number of aromatic nitrogens is 1. The summed E-state index contributed by atoms with van der Waals surface area (Å²) in [4.78, 5) is 18.1. The first-order valence-corrected chi connectivity index (χ1v) is 6.64. The van der Waals surface area contributed by atoms with E-state index in [9.17, 15) is 10.1 Å². The molecule has 1 amide bonds. The Morgan fingerprint density at radius 2 is 2.50 bits per heavy atom. The average Bonchev–Trinajstić information content (AvgIpc) is 2.88. The molecule has 0 radical (unpaired) electrons. The van der Waals surface area contributed by atoms with Gasteiger partial charge in [-0.1, -0.05) is 0 Å². The summed E-state index contributed by atoms with van der Waals surface area (Å²) in [6.07, 6.45) is 3.91. The Bertz CT molecular complexity index is 583. The van der Waals surface area contributed by atoms with Crippen molar-refractivity contribution in [2.75, 3.05) is 31.2 Å². The number of fused-ring (bicyclic) bond motifs is 1. The quantitative estimate of drug-likeness (QED) is 0.835. The summed E-state index contributed by atoms with van der Waals surface area (Å²) in [7, 11) is 0. The fraction of sp³-hybridized carbons (Fsp3) is 0.500. The highest BCUT2D eigenvalue weighted by Gasteiger charge is 2.52. The molecule has 20 heavy (non-hydrogen) atoms. The van der Waals surface area contributed by atoms with E-state index in [0.717, 1.165) is 5.69 Å². The summed E-state index contributed by atoms with van der Waals surface area (Å²) in [5.74, 6) is -0.184. The van der Waals surface area contributed by atoms with Gasteiger partial charge in [0.15, 0.2) is 0 Å². The Labute approximate surface area is 117 Å². The van der Waals surface area contributed by atoms with Gasteiger partial charge in [0.05, 0.1) is 29.5 Å². The molecule has 0 unspecified atom stereocenters. The van der Waals surface area contributed by atoms with E-state index >= 15 is 0 Å². The lowest BCUT2D eigenvalue weighted by Crippen LogP contribution is -2.48. The molecule has 0 aliphatic carbocycles. The zero-order valence-electron chi connectivity index (χ0n) is 11.1. The molecule has 2 aliphatic heterocycles.